The van der Waals surface area contributed by atoms with E-state index in [1.165, 1.54) is 19.3 Å². The molecule has 1 fully saturated rings. The van der Waals surface area contributed by atoms with E-state index in [0.29, 0.717) is 23.6 Å². The molecule has 2 aromatic rings. The van der Waals surface area contributed by atoms with Crippen molar-refractivity contribution in [1.82, 2.24) is 10.2 Å². The summed E-state index contributed by atoms with van der Waals surface area (Å²) in [5, 5.41) is 3.92. The van der Waals surface area contributed by atoms with E-state index in [1.807, 2.05) is 55.5 Å². The SMILES string of the molecule is C[C@@]1(C(=O)NC2CCCCCCC2)Cc2ccccc2C(=O)N1Cc1ccccc1Cl. The molecule has 4 nitrogen and oxygen atoms in total. The van der Waals surface area contributed by atoms with Gasteiger partial charge in [-0.2, -0.15) is 0 Å². The molecule has 0 radical (unpaired) electrons. The van der Waals surface area contributed by atoms with Crippen molar-refractivity contribution < 1.29 is 9.59 Å². The largest absolute Gasteiger partial charge is 0.351 e. The highest BCUT2D eigenvalue weighted by Gasteiger charge is 2.47. The number of halogens is 1. The zero-order valence-electron chi connectivity index (χ0n) is 18.2. The number of carbonyl (C=O) groups excluding carboxylic acids is 2. The molecule has 1 heterocycles. The van der Waals surface area contributed by atoms with E-state index in [1.54, 1.807) is 4.90 Å². The van der Waals surface area contributed by atoms with Crippen molar-refractivity contribution in [2.75, 3.05) is 0 Å². The molecular weight excluding hydrogens is 408 g/mol. The second kappa shape index (κ2) is 9.44. The lowest BCUT2D eigenvalue weighted by Crippen LogP contribution is -2.63. The van der Waals surface area contributed by atoms with Crippen LogP contribution in [0.4, 0.5) is 0 Å². The van der Waals surface area contributed by atoms with Crippen LogP contribution in [-0.4, -0.2) is 28.3 Å². The number of carbonyl (C=O) groups is 2. The van der Waals surface area contributed by atoms with Crippen molar-refractivity contribution in [2.45, 2.75) is 76.4 Å². The predicted molar refractivity (Wildman–Crippen MR) is 124 cm³/mol. The van der Waals surface area contributed by atoms with Gasteiger partial charge in [0.05, 0.1) is 0 Å². The Labute approximate surface area is 190 Å². The molecular formula is C26H31ClN2O2. The molecule has 1 N–H and O–H groups in total. The zero-order chi connectivity index (χ0) is 21.8. The van der Waals surface area contributed by atoms with E-state index in [4.69, 9.17) is 11.6 Å². The average molecular weight is 439 g/mol. The van der Waals surface area contributed by atoms with Gasteiger partial charge in [0, 0.05) is 29.6 Å². The standard InChI is InChI=1S/C26H31ClN2O2/c1-26(25(31)28-21-13-5-3-2-4-6-14-21)17-19-11-7-9-15-22(19)24(30)29(26)18-20-12-8-10-16-23(20)27/h7-12,15-16,21H,2-6,13-14,17-18H2,1H3,(H,28,31)/t26-/m0/s1. The molecule has 4 rings (SSSR count). The molecule has 0 saturated heterocycles. The van der Waals surface area contributed by atoms with Crippen molar-refractivity contribution in [3.63, 3.8) is 0 Å². The quantitative estimate of drug-likeness (QED) is 0.682. The maximum Gasteiger partial charge on any atom is 0.255 e. The molecule has 1 saturated carbocycles. The first kappa shape index (κ1) is 21.9. The molecule has 2 aliphatic rings. The van der Waals surface area contributed by atoms with Crippen LogP contribution >= 0.6 is 11.6 Å². The van der Waals surface area contributed by atoms with Gasteiger partial charge in [0.25, 0.3) is 5.91 Å². The Hall–Kier alpha value is -2.33. The second-order valence-electron chi connectivity index (χ2n) is 9.11. The molecule has 31 heavy (non-hydrogen) atoms. The van der Waals surface area contributed by atoms with Crippen molar-refractivity contribution >= 4 is 23.4 Å². The monoisotopic (exact) mass is 438 g/mol. The summed E-state index contributed by atoms with van der Waals surface area (Å²) in [7, 11) is 0. The van der Waals surface area contributed by atoms with Gasteiger partial charge in [-0.05, 0) is 43.0 Å². The minimum atomic E-state index is -0.965. The fraction of sp³-hybridized carbons (Fsp3) is 0.462. The summed E-state index contributed by atoms with van der Waals surface area (Å²) in [4.78, 5) is 29.0. The Morgan fingerprint density at radius 2 is 1.68 bits per heavy atom. The lowest BCUT2D eigenvalue weighted by molar-refractivity contribution is -0.132. The third-order valence-electron chi connectivity index (χ3n) is 6.84. The van der Waals surface area contributed by atoms with Crippen LogP contribution in [0, 0.1) is 0 Å². The van der Waals surface area contributed by atoms with Crippen LogP contribution < -0.4 is 5.32 Å². The Morgan fingerprint density at radius 3 is 2.42 bits per heavy atom. The number of fused-ring (bicyclic) bond motifs is 1. The lowest BCUT2D eigenvalue weighted by atomic mass is 9.82. The lowest BCUT2D eigenvalue weighted by Gasteiger charge is -2.45. The number of nitrogens with zero attached hydrogens (tertiary/aromatic N) is 1. The average Bonchev–Trinajstić information content (AvgIpc) is 2.74. The molecule has 1 aliphatic heterocycles. The van der Waals surface area contributed by atoms with Crippen LogP contribution in [-0.2, 0) is 17.8 Å². The second-order valence-corrected chi connectivity index (χ2v) is 9.51. The molecule has 0 bridgehead atoms. The van der Waals surface area contributed by atoms with E-state index >= 15 is 0 Å². The number of hydrogen-bond donors (Lipinski definition) is 1. The summed E-state index contributed by atoms with van der Waals surface area (Å²) in [5.74, 6) is -0.176. The van der Waals surface area contributed by atoms with Gasteiger partial charge in [-0.3, -0.25) is 9.59 Å². The third-order valence-corrected chi connectivity index (χ3v) is 7.21. The normalized spacial score (nSPS) is 22.4. The van der Waals surface area contributed by atoms with E-state index in [0.717, 1.165) is 36.8 Å². The van der Waals surface area contributed by atoms with E-state index in [2.05, 4.69) is 5.32 Å². The van der Waals surface area contributed by atoms with Gasteiger partial charge in [0.2, 0.25) is 5.91 Å². The Balaban J connectivity index is 1.64. The van der Waals surface area contributed by atoms with Gasteiger partial charge in [0.1, 0.15) is 5.54 Å². The van der Waals surface area contributed by atoms with Crippen LogP contribution in [0.25, 0.3) is 0 Å². The molecule has 2 amide bonds. The minimum Gasteiger partial charge on any atom is -0.351 e. The maximum atomic E-state index is 13.7. The molecule has 5 heteroatoms. The van der Waals surface area contributed by atoms with Gasteiger partial charge in [0.15, 0.2) is 0 Å². The number of rotatable bonds is 4. The number of hydrogen-bond acceptors (Lipinski definition) is 2. The Bertz CT molecular complexity index is 952. The van der Waals surface area contributed by atoms with Gasteiger partial charge < -0.3 is 10.2 Å². The van der Waals surface area contributed by atoms with E-state index in [-0.39, 0.29) is 17.9 Å². The molecule has 164 valence electrons. The van der Waals surface area contributed by atoms with Crippen LogP contribution in [0.1, 0.15) is 73.4 Å². The fourth-order valence-electron chi connectivity index (χ4n) is 4.91. The summed E-state index contributed by atoms with van der Waals surface area (Å²) in [6.07, 6.45) is 8.56. The summed E-state index contributed by atoms with van der Waals surface area (Å²) < 4.78 is 0. The maximum absolute atomic E-state index is 13.7. The first-order chi connectivity index (χ1) is 15.0. The number of nitrogens with one attached hydrogen (secondary N) is 1. The third kappa shape index (κ3) is 4.64. The summed E-state index contributed by atoms with van der Waals surface area (Å²) >= 11 is 6.41. The summed E-state index contributed by atoms with van der Waals surface area (Å²) in [5.41, 5.74) is 1.48. The zero-order valence-corrected chi connectivity index (χ0v) is 19.0. The van der Waals surface area contributed by atoms with E-state index < -0.39 is 5.54 Å². The van der Waals surface area contributed by atoms with Crippen LogP contribution in [0.15, 0.2) is 48.5 Å². The van der Waals surface area contributed by atoms with Gasteiger partial charge in [-0.25, -0.2) is 0 Å². The van der Waals surface area contributed by atoms with E-state index in [9.17, 15) is 9.59 Å². The highest BCUT2D eigenvalue weighted by molar-refractivity contribution is 6.31. The van der Waals surface area contributed by atoms with Crippen LogP contribution in [0.5, 0.6) is 0 Å². The molecule has 0 aromatic heterocycles. The Morgan fingerprint density at radius 1 is 1.03 bits per heavy atom. The first-order valence-corrected chi connectivity index (χ1v) is 11.8. The molecule has 0 spiro atoms. The molecule has 2 aromatic carbocycles. The molecule has 0 unspecified atom stereocenters. The minimum absolute atomic E-state index is 0.0621. The molecule has 1 atom stereocenters. The number of amides is 2. The number of benzene rings is 2. The van der Waals surface area contributed by atoms with Crippen molar-refractivity contribution in [3.05, 3.63) is 70.2 Å². The van der Waals surface area contributed by atoms with Crippen molar-refractivity contribution in [3.8, 4) is 0 Å². The van der Waals surface area contributed by atoms with Gasteiger partial charge >= 0.3 is 0 Å². The fourth-order valence-corrected chi connectivity index (χ4v) is 5.10. The molecule has 1 aliphatic carbocycles. The van der Waals surface area contributed by atoms with Crippen LogP contribution in [0.3, 0.4) is 0 Å². The van der Waals surface area contributed by atoms with Crippen LogP contribution in [0.2, 0.25) is 5.02 Å². The summed E-state index contributed by atoms with van der Waals surface area (Å²) in [6.45, 7) is 2.21. The van der Waals surface area contributed by atoms with Crippen molar-refractivity contribution in [2.24, 2.45) is 0 Å². The van der Waals surface area contributed by atoms with Gasteiger partial charge in [-0.15, -0.1) is 0 Å². The smallest absolute Gasteiger partial charge is 0.255 e. The predicted octanol–water partition coefficient (Wildman–Crippen LogP) is 5.53. The van der Waals surface area contributed by atoms with Gasteiger partial charge in [-0.1, -0.05) is 80.1 Å². The highest BCUT2D eigenvalue weighted by atomic mass is 35.5. The Kier molecular flexibility index (Phi) is 6.66. The topological polar surface area (TPSA) is 49.4 Å². The highest BCUT2D eigenvalue weighted by Crippen LogP contribution is 2.34. The summed E-state index contributed by atoms with van der Waals surface area (Å²) in [6, 6.07) is 15.3. The van der Waals surface area contributed by atoms with Crippen molar-refractivity contribution in [1.29, 1.82) is 0 Å². The first-order valence-electron chi connectivity index (χ1n) is 11.4.